The third-order valence-electron chi connectivity index (χ3n) is 3.71. The van der Waals surface area contributed by atoms with Gasteiger partial charge in [-0.2, -0.15) is 0 Å². The zero-order valence-electron chi connectivity index (χ0n) is 12.1. The molecular formula is C14H20N3O4+. The number of methoxy groups -OCH3 is 1. The Morgan fingerprint density at radius 2 is 2.14 bits per heavy atom. The molecule has 1 aliphatic heterocycles. The standard InChI is InChI=1S/C14H19N3O4/c1-21-13-5-4-11(10-12(13)17(19)20)14(18)15-6-9-16-7-2-3-8-16/h4-5,10H,2-3,6-9H2,1H3,(H,15,18)/p+1. The van der Waals surface area contributed by atoms with E-state index in [4.69, 9.17) is 4.74 Å². The molecule has 1 aromatic rings. The molecule has 1 amide bonds. The highest BCUT2D eigenvalue weighted by Crippen LogP contribution is 2.27. The van der Waals surface area contributed by atoms with Crippen LogP contribution in [0.5, 0.6) is 5.75 Å². The molecule has 0 aliphatic carbocycles. The molecule has 7 nitrogen and oxygen atoms in total. The highest BCUT2D eigenvalue weighted by atomic mass is 16.6. The average molecular weight is 294 g/mol. The third kappa shape index (κ3) is 3.91. The van der Waals surface area contributed by atoms with Crippen LogP contribution in [-0.2, 0) is 0 Å². The minimum absolute atomic E-state index is 0.151. The molecule has 1 aromatic carbocycles. The van der Waals surface area contributed by atoms with E-state index in [2.05, 4.69) is 5.32 Å². The van der Waals surface area contributed by atoms with E-state index < -0.39 is 4.92 Å². The first kappa shape index (κ1) is 15.2. The zero-order chi connectivity index (χ0) is 15.2. The quantitative estimate of drug-likeness (QED) is 0.572. The number of rotatable bonds is 6. The first-order chi connectivity index (χ1) is 10.1. The predicted octanol–water partition coefficient (Wildman–Crippen LogP) is 0.0119. The van der Waals surface area contributed by atoms with Gasteiger partial charge in [-0.3, -0.25) is 14.9 Å². The van der Waals surface area contributed by atoms with E-state index in [9.17, 15) is 14.9 Å². The number of benzene rings is 1. The molecule has 0 unspecified atom stereocenters. The summed E-state index contributed by atoms with van der Waals surface area (Å²) in [5, 5.41) is 13.7. The molecule has 1 saturated heterocycles. The van der Waals surface area contributed by atoms with Crippen molar-refractivity contribution in [2.45, 2.75) is 12.8 Å². The summed E-state index contributed by atoms with van der Waals surface area (Å²) in [4.78, 5) is 23.9. The molecule has 0 spiro atoms. The Kier molecular flexibility index (Phi) is 5.10. The Morgan fingerprint density at radius 3 is 2.76 bits per heavy atom. The van der Waals surface area contributed by atoms with Gasteiger partial charge in [0.15, 0.2) is 5.75 Å². The number of hydrogen-bond acceptors (Lipinski definition) is 4. The second-order valence-electron chi connectivity index (χ2n) is 5.11. The van der Waals surface area contributed by atoms with Crippen molar-refractivity contribution in [1.82, 2.24) is 5.32 Å². The van der Waals surface area contributed by atoms with Crippen LogP contribution in [0.25, 0.3) is 0 Å². The number of quaternary nitrogens is 1. The van der Waals surface area contributed by atoms with Gasteiger partial charge in [-0.15, -0.1) is 0 Å². The van der Waals surface area contributed by atoms with Gasteiger partial charge < -0.3 is 15.0 Å². The molecule has 0 atom stereocenters. The molecule has 21 heavy (non-hydrogen) atoms. The van der Waals surface area contributed by atoms with Crippen molar-refractivity contribution >= 4 is 11.6 Å². The number of nitrogens with one attached hydrogen (secondary N) is 2. The van der Waals surface area contributed by atoms with Crippen LogP contribution in [0.2, 0.25) is 0 Å². The molecular weight excluding hydrogens is 274 g/mol. The lowest BCUT2D eigenvalue weighted by molar-refractivity contribution is -0.886. The van der Waals surface area contributed by atoms with E-state index in [1.54, 1.807) is 0 Å². The minimum Gasteiger partial charge on any atom is -0.490 e. The topological polar surface area (TPSA) is 85.9 Å². The van der Waals surface area contributed by atoms with Crippen molar-refractivity contribution in [3.8, 4) is 5.75 Å². The van der Waals surface area contributed by atoms with Crippen LogP contribution in [0, 0.1) is 10.1 Å². The molecule has 2 N–H and O–H groups in total. The first-order valence-corrected chi connectivity index (χ1v) is 7.06. The Bertz CT molecular complexity index is 527. The third-order valence-corrected chi connectivity index (χ3v) is 3.71. The van der Waals surface area contributed by atoms with Gasteiger partial charge in [-0.05, 0) is 12.1 Å². The molecule has 0 saturated carbocycles. The molecule has 114 valence electrons. The van der Waals surface area contributed by atoms with Crippen LogP contribution in [0.15, 0.2) is 18.2 Å². The van der Waals surface area contributed by atoms with Crippen LogP contribution < -0.4 is 15.0 Å². The van der Waals surface area contributed by atoms with E-state index >= 15 is 0 Å². The summed E-state index contributed by atoms with van der Waals surface area (Å²) in [5.41, 5.74) is 0.0780. The van der Waals surface area contributed by atoms with Crippen LogP contribution in [0.4, 0.5) is 5.69 Å². The van der Waals surface area contributed by atoms with Crippen LogP contribution in [-0.4, -0.2) is 44.1 Å². The number of amides is 1. The number of ether oxygens (including phenoxy) is 1. The normalized spacial score (nSPS) is 14.9. The summed E-state index contributed by atoms with van der Waals surface area (Å²) in [6.07, 6.45) is 2.49. The SMILES string of the molecule is COc1ccc(C(=O)NCC[NH+]2CCCC2)cc1[N+](=O)[O-]. The lowest BCUT2D eigenvalue weighted by Gasteiger charge is -2.12. The summed E-state index contributed by atoms with van der Waals surface area (Å²) in [5.74, 6) is -0.141. The van der Waals surface area contributed by atoms with Crippen LogP contribution in [0.1, 0.15) is 23.2 Å². The smallest absolute Gasteiger partial charge is 0.311 e. The van der Waals surface area contributed by atoms with Crippen molar-refractivity contribution in [3.05, 3.63) is 33.9 Å². The van der Waals surface area contributed by atoms with Gasteiger partial charge in [-0.25, -0.2) is 0 Å². The van der Waals surface area contributed by atoms with Gasteiger partial charge in [0.25, 0.3) is 5.91 Å². The van der Waals surface area contributed by atoms with Gasteiger partial charge in [0.2, 0.25) is 0 Å². The Balaban J connectivity index is 1.95. The molecule has 1 heterocycles. The van der Waals surface area contributed by atoms with Gasteiger partial charge in [0, 0.05) is 24.5 Å². The number of carbonyl (C=O) groups is 1. The minimum atomic E-state index is -0.552. The largest absolute Gasteiger partial charge is 0.490 e. The zero-order valence-corrected chi connectivity index (χ0v) is 12.1. The monoisotopic (exact) mass is 294 g/mol. The fraction of sp³-hybridized carbons (Fsp3) is 0.500. The average Bonchev–Trinajstić information content (AvgIpc) is 2.99. The summed E-state index contributed by atoms with van der Waals surface area (Å²) >= 11 is 0. The van der Waals surface area contributed by atoms with Crippen molar-refractivity contribution in [2.75, 3.05) is 33.3 Å². The fourth-order valence-corrected chi connectivity index (χ4v) is 2.55. The highest BCUT2D eigenvalue weighted by Gasteiger charge is 2.19. The second kappa shape index (κ2) is 7.03. The predicted molar refractivity (Wildman–Crippen MR) is 76.8 cm³/mol. The Morgan fingerprint density at radius 1 is 1.43 bits per heavy atom. The maximum atomic E-state index is 12.0. The van der Waals surface area contributed by atoms with E-state index in [0.29, 0.717) is 6.54 Å². The number of nitro benzene ring substituents is 1. The van der Waals surface area contributed by atoms with E-state index in [1.165, 1.54) is 43.1 Å². The van der Waals surface area contributed by atoms with Crippen molar-refractivity contribution in [3.63, 3.8) is 0 Å². The fourth-order valence-electron chi connectivity index (χ4n) is 2.55. The number of nitro groups is 1. The maximum absolute atomic E-state index is 12.0. The Labute approximate surface area is 123 Å². The lowest BCUT2D eigenvalue weighted by Crippen LogP contribution is -3.10. The van der Waals surface area contributed by atoms with Crippen molar-refractivity contribution in [1.29, 1.82) is 0 Å². The Hall–Kier alpha value is -2.15. The summed E-state index contributed by atoms with van der Waals surface area (Å²) in [6.45, 7) is 3.78. The maximum Gasteiger partial charge on any atom is 0.311 e. The van der Waals surface area contributed by atoms with Crippen LogP contribution >= 0.6 is 0 Å². The van der Waals surface area contributed by atoms with Crippen LogP contribution in [0.3, 0.4) is 0 Å². The van der Waals surface area contributed by atoms with Crippen molar-refractivity contribution < 1.29 is 19.4 Å². The number of nitrogens with zero attached hydrogens (tertiary/aromatic N) is 1. The second-order valence-corrected chi connectivity index (χ2v) is 5.11. The van der Waals surface area contributed by atoms with Gasteiger partial charge in [-0.1, -0.05) is 0 Å². The molecule has 0 bridgehead atoms. The number of carbonyl (C=O) groups excluding carboxylic acids is 1. The van der Waals surface area contributed by atoms with E-state index in [-0.39, 0.29) is 22.9 Å². The van der Waals surface area contributed by atoms with Gasteiger partial charge in [0.1, 0.15) is 0 Å². The van der Waals surface area contributed by atoms with Gasteiger partial charge >= 0.3 is 5.69 Å². The van der Waals surface area contributed by atoms with E-state index in [0.717, 1.165) is 19.6 Å². The first-order valence-electron chi connectivity index (χ1n) is 7.06. The van der Waals surface area contributed by atoms with Gasteiger partial charge in [0.05, 0.1) is 38.2 Å². The number of hydrogen-bond donors (Lipinski definition) is 2. The van der Waals surface area contributed by atoms with Crippen molar-refractivity contribution in [2.24, 2.45) is 0 Å². The molecule has 1 aliphatic rings. The lowest BCUT2D eigenvalue weighted by atomic mass is 10.1. The molecule has 7 heteroatoms. The summed E-state index contributed by atoms with van der Waals surface area (Å²) in [6, 6.07) is 4.22. The summed E-state index contributed by atoms with van der Waals surface area (Å²) in [7, 11) is 1.36. The summed E-state index contributed by atoms with van der Waals surface area (Å²) < 4.78 is 4.91. The molecule has 0 aromatic heterocycles. The molecule has 2 rings (SSSR count). The van der Waals surface area contributed by atoms with E-state index in [1.807, 2.05) is 0 Å². The number of likely N-dealkylation sites (tertiary alicyclic amines) is 1. The highest BCUT2D eigenvalue weighted by molar-refractivity contribution is 5.95. The molecule has 0 radical (unpaired) electrons. The molecule has 1 fully saturated rings.